The summed E-state index contributed by atoms with van der Waals surface area (Å²) < 4.78 is 25.4. The van der Waals surface area contributed by atoms with E-state index in [1.807, 2.05) is 0 Å². The molecule has 1 aromatic carbocycles. The smallest absolute Gasteiger partial charge is 0.335 e. The Balaban J connectivity index is 2.08. The van der Waals surface area contributed by atoms with Crippen LogP contribution in [-0.2, 0) is 14.8 Å². The number of nitrogens with zero attached hydrogens (tertiary/aromatic N) is 1. The highest BCUT2D eigenvalue weighted by molar-refractivity contribution is 7.89. The number of amides is 1. The molecule has 0 bridgehead atoms. The molecule has 0 atom stereocenters. The van der Waals surface area contributed by atoms with Gasteiger partial charge in [-0.15, -0.1) is 0 Å². The van der Waals surface area contributed by atoms with Crippen LogP contribution in [0.25, 0.3) is 0 Å². The molecular weight excluding hydrogens is 296 g/mol. The Hall–Kier alpha value is -1.93. The fraction of sp³-hybridized carbons (Fsp3) is 0.385. The fourth-order valence-corrected chi connectivity index (χ4v) is 2.86. The number of carbonyl (C=O) groups is 2. The molecule has 2 rings (SSSR count). The monoisotopic (exact) mass is 312 g/mol. The molecule has 8 heteroatoms. The van der Waals surface area contributed by atoms with Crippen molar-refractivity contribution in [3.05, 3.63) is 29.8 Å². The van der Waals surface area contributed by atoms with Gasteiger partial charge in [0.05, 0.1) is 17.0 Å². The Bertz CT molecular complexity index is 650. The molecular formula is C13H16N2O5S. The van der Waals surface area contributed by atoms with Crippen LogP contribution < -0.4 is 5.32 Å². The number of rotatable bonds is 6. The molecule has 2 N–H and O–H groups in total. The minimum atomic E-state index is -3.81. The van der Waals surface area contributed by atoms with Crippen molar-refractivity contribution in [2.75, 3.05) is 13.6 Å². The molecule has 0 aliphatic heterocycles. The number of carbonyl (C=O) groups excluding carboxylic acids is 1. The first-order valence-corrected chi connectivity index (χ1v) is 7.84. The van der Waals surface area contributed by atoms with E-state index in [0.29, 0.717) is 0 Å². The molecule has 0 aromatic heterocycles. The van der Waals surface area contributed by atoms with Crippen LogP contribution in [0.15, 0.2) is 29.2 Å². The maximum Gasteiger partial charge on any atom is 0.335 e. The van der Waals surface area contributed by atoms with Crippen molar-refractivity contribution in [1.82, 2.24) is 9.62 Å². The van der Waals surface area contributed by atoms with Crippen molar-refractivity contribution in [1.29, 1.82) is 0 Å². The zero-order valence-corrected chi connectivity index (χ0v) is 12.3. The van der Waals surface area contributed by atoms with Gasteiger partial charge < -0.3 is 10.4 Å². The van der Waals surface area contributed by atoms with Crippen LogP contribution in [0.3, 0.4) is 0 Å². The van der Waals surface area contributed by atoms with Crippen molar-refractivity contribution in [2.24, 2.45) is 0 Å². The van der Waals surface area contributed by atoms with E-state index >= 15 is 0 Å². The zero-order chi connectivity index (χ0) is 15.6. The molecule has 1 amide bonds. The molecule has 1 aliphatic rings. The van der Waals surface area contributed by atoms with Gasteiger partial charge in [0, 0.05) is 13.1 Å². The third-order valence-corrected chi connectivity index (χ3v) is 4.94. The van der Waals surface area contributed by atoms with Gasteiger partial charge >= 0.3 is 5.97 Å². The van der Waals surface area contributed by atoms with E-state index in [2.05, 4.69) is 5.32 Å². The molecule has 1 fully saturated rings. The summed E-state index contributed by atoms with van der Waals surface area (Å²) in [7, 11) is -2.50. The number of likely N-dealkylation sites (N-methyl/N-ethyl adjacent to an activating group) is 1. The van der Waals surface area contributed by atoms with Crippen LogP contribution in [0.1, 0.15) is 23.2 Å². The second-order valence-electron chi connectivity index (χ2n) is 4.93. The minimum absolute atomic E-state index is 0.00285. The third kappa shape index (κ3) is 3.79. The Kier molecular flexibility index (Phi) is 4.29. The summed E-state index contributed by atoms with van der Waals surface area (Å²) in [4.78, 5) is 22.3. The molecule has 0 radical (unpaired) electrons. The molecule has 1 saturated carbocycles. The quantitative estimate of drug-likeness (QED) is 0.785. The topological polar surface area (TPSA) is 104 Å². The highest BCUT2D eigenvalue weighted by Gasteiger charge is 2.27. The van der Waals surface area contributed by atoms with E-state index < -0.39 is 16.0 Å². The number of hydrogen-bond donors (Lipinski definition) is 2. The van der Waals surface area contributed by atoms with Gasteiger partial charge in [-0.05, 0) is 37.1 Å². The van der Waals surface area contributed by atoms with Gasteiger partial charge in [0.25, 0.3) is 0 Å². The number of sulfonamides is 1. The Labute approximate surface area is 122 Å². The summed E-state index contributed by atoms with van der Waals surface area (Å²) in [6.07, 6.45) is 1.86. The van der Waals surface area contributed by atoms with E-state index in [1.54, 1.807) is 0 Å². The van der Waals surface area contributed by atoms with Crippen LogP contribution in [0.2, 0.25) is 0 Å². The average molecular weight is 312 g/mol. The summed E-state index contributed by atoms with van der Waals surface area (Å²) >= 11 is 0. The summed E-state index contributed by atoms with van der Waals surface area (Å²) in [6, 6.07) is 5.03. The minimum Gasteiger partial charge on any atom is -0.478 e. The van der Waals surface area contributed by atoms with Gasteiger partial charge in [0.2, 0.25) is 15.9 Å². The predicted molar refractivity (Wildman–Crippen MR) is 74.4 cm³/mol. The van der Waals surface area contributed by atoms with Crippen molar-refractivity contribution >= 4 is 21.9 Å². The van der Waals surface area contributed by atoms with E-state index in [4.69, 9.17) is 5.11 Å². The van der Waals surface area contributed by atoms with E-state index in [9.17, 15) is 18.0 Å². The Morgan fingerprint density at radius 2 is 1.86 bits per heavy atom. The predicted octanol–water partition coefficient (Wildman–Crippen LogP) is 0.284. The summed E-state index contributed by atoms with van der Waals surface area (Å²) in [5, 5.41) is 11.5. The highest BCUT2D eigenvalue weighted by Crippen LogP contribution is 2.19. The van der Waals surface area contributed by atoms with E-state index in [1.165, 1.54) is 31.3 Å². The number of aromatic carboxylic acids is 1. The summed E-state index contributed by atoms with van der Waals surface area (Å²) in [5.41, 5.74) is 0.00285. The number of carboxylic acids is 1. The average Bonchev–Trinajstić information content (AvgIpc) is 3.22. The lowest BCUT2D eigenvalue weighted by molar-refractivity contribution is -0.121. The lowest BCUT2D eigenvalue weighted by atomic mass is 10.2. The molecule has 0 saturated heterocycles. The molecule has 0 heterocycles. The lowest BCUT2D eigenvalue weighted by Crippen LogP contribution is -2.39. The van der Waals surface area contributed by atoms with Gasteiger partial charge in [-0.25, -0.2) is 13.2 Å². The fourth-order valence-electron chi connectivity index (χ4n) is 1.74. The normalized spacial score (nSPS) is 15.0. The highest BCUT2D eigenvalue weighted by atomic mass is 32.2. The molecule has 7 nitrogen and oxygen atoms in total. The maximum atomic E-state index is 12.2. The Morgan fingerprint density at radius 1 is 1.29 bits per heavy atom. The molecule has 114 valence electrons. The molecule has 1 aliphatic carbocycles. The number of benzene rings is 1. The van der Waals surface area contributed by atoms with Crippen LogP contribution in [0, 0.1) is 0 Å². The first-order chi connectivity index (χ1) is 9.80. The standard InChI is InChI=1S/C13H16N2O5S/c1-15(8-12(16)14-10-4-5-10)21(19,20)11-6-2-9(3-7-11)13(17)18/h2-3,6-7,10H,4-5,8H2,1H3,(H,14,16)(H,17,18). The van der Waals surface area contributed by atoms with Crippen molar-refractivity contribution < 1.29 is 23.1 Å². The van der Waals surface area contributed by atoms with Crippen LogP contribution in [-0.4, -0.2) is 49.3 Å². The first kappa shape index (κ1) is 15.5. The Morgan fingerprint density at radius 3 is 2.33 bits per heavy atom. The second kappa shape index (κ2) is 5.82. The van der Waals surface area contributed by atoms with Crippen LogP contribution in [0.4, 0.5) is 0 Å². The molecule has 1 aromatic rings. The van der Waals surface area contributed by atoms with Crippen molar-refractivity contribution in [3.8, 4) is 0 Å². The van der Waals surface area contributed by atoms with Crippen molar-refractivity contribution in [3.63, 3.8) is 0 Å². The number of hydrogen-bond acceptors (Lipinski definition) is 4. The lowest BCUT2D eigenvalue weighted by Gasteiger charge is -2.16. The number of nitrogens with one attached hydrogen (secondary N) is 1. The molecule has 0 spiro atoms. The zero-order valence-electron chi connectivity index (χ0n) is 11.4. The van der Waals surface area contributed by atoms with E-state index in [-0.39, 0.29) is 29.0 Å². The largest absolute Gasteiger partial charge is 0.478 e. The van der Waals surface area contributed by atoms with Gasteiger partial charge in [-0.2, -0.15) is 4.31 Å². The second-order valence-corrected chi connectivity index (χ2v) is 6.98. The first-order valence-electron chi connectivity index (χ1n) is 6.40. The van der Waals surface area contributed by atoms with Gasteiger partial charge in [-0.3, -0.25) is 4.79 Å². The maximum absolute atomic E-state index is 12.2. The molecule has 0 unspecified atom stereocenters. The molecule has 21 heavy (non-hydrogen) atoms. The SMILES string of the molecule is CN(CC(=O)NC1CC1)S(=O)(=O)c1ccc(C(=O)O)cc1. The summed E-state index contributed by atoms with van der Waals surface area (Å²) in [6.45, 7) is -0.264. The summed E-state index contributed by atoms with van der Waals surface area (Å²) in [5.74, 6) is -1.47. The number of carboxylic acid groups (broad SMARTS) is 1. The van der Waals surface area contributed by atoms with E-state index in [0.717, 1.165) is 17.1 Å². The van der Waals surface area contributed by atoms with Gasteiger partial charge in [-0.1, -0.05) is 0 Å². The van der Waals surface area contributed by atoms with Crippen LogP contribution >= 0.6 is 0 Å². The van der Waals surface area contributed by atoms with Gasteiger partial charge in [0.15, 0.2) is 0 Å². The van der Waals surface area contributed by atoms with Crippen LogP contribution in [0.5, 0.6) is 0 Å². The van der Waals surface area contributed by atoms with Crippen molar-refractivity contribution in [2.45, 2.75) is 23.8 Å². The van der Waals surface area contributed by atoms with Gasteiger partial charge in [0.1, 0.15) is 0 Å². The third-order valence-electron chi connectivity index (χ3n) is 3.12.